The number of carbonyl (C=O) groups excluding carboxylic acids is 1. The molecule has 0 bridgehead atoms. The number of hydrogen-bond acceptors (Lipinski definition) is 2. The predicted molar refractivity (Wildman–Crippen MR) is 72.3 cm³/mol. The molecule has 0 unspecified atom stereocenters. The molecule has 1 saturated heterocycles. The summed E-state index contributed by atoms with van der Waals surface area (Å²) >= 11 is 0. The molecule has 4 nitrogen and oxygen atoms in total. The summed E-state index contributed by atoms with van der Waals surface area (Å²) in [6.45, 7) is 3.80. The van der Waals surface area contributed by atoms with E-state index in [1.165, 1.54) is 12.8 Å². The lowest BCUT2D eigenvalue weighted by Crippen LogP contribution is -2.30. The molecule has 0 radical (unpaired) electrons. The van der Waals surface area contributed by atoms with Crippen molar-refractivity contribution < 1.29 is 4.79 Å². The lowest BCUT2D eigenvalue weighted by Gasteiger charge is -2.22. The zero-order valence-electron chi connectivity index (χ0n) is 10.9. The third-order valence-electron chi connectivity index (χ3n) is 3.60. The normalized spacial score (nSPS) is 16.7. The molecular formula is C14H23N3O. The molecule has 1 amide bonds. The number of piperidine rings is 1. The molecule has 0 spiro atoms. The molecule has 0 atom stereocenters. The van der Waals surface area contributed by atoms with Crippen molar-refractivity contribution in [1.29, 1.82) is 0 Å². The van der Waals surface area contributed by atoms with E-state index in [2.05, 4.69) is 15.2 Å². The van der Waals surface area contributed by atoms with E-state index >= 15 is 0 Å². The van der Waals surface area contributed by atoms with Gasteiger partial charge in [0, 0.05) is 31.9 Å². The molecule has 0 aliphatic carbocycles. The fourth-order valence-corrected chi connectivity index (χ4v) is 2.44. The SMILES string of the molecule is O=C(CCC1CCNCC1)NCCn1cccc1. The van der Waals surface area contributed by atoms with E-state index in [-0.39, 0.29) is 5.91 Å². The molecule has 1 aliphatic heterocycles. The first-order valence-electron chi connectivity index (χ1n) is 6.93. The average molecular weight is 249 g/mol. The van der Waals surface area contributed by atoms with Crippen LogP contribution in [0.1, 0.15) is 25.7 Å². The van der Waals surface area contributed by atoms with Gasteiger partial charge in [-0.25, -0.2) is 0 Å². The van der Waals surface area contributed by atoms with Gasteiger partial charge in [0.25, 0.3) is 0 Å². The molecule has 18 heavy (non-hydrogen) atoms. The number of amides is 1. The van der Waals surface area contributed by atoms with Crippen molar-refractivity contribution in [3.05, 3.63) is 24.5 Å². The maximum absolute atomic E-state index is 11.7. The Morgan fingerprint density at radius 1 is 1.28 bits per heavy atom. The quantitative estimate of drug-likeness (QED) is 0.800. The minimum absolute atomic E-state index is 0.195. The van der Waals surface area contributed by atoms with E-state index in [0.717, 1.165) is 38.5 Å². The van der Waals surface area contributed by atoms with Crippen LogP contribution in [0, 0.1) is 5.92 Å². The second-order valence-electron chi connectivity index (χ2n) is 5.00. The van der Waals surface area contributed by atoms with Crippen LogP contribution in [0.4, 0.5) is 0 Å². The molecule has 0 saturated carbocycles. The van der Waals surface area contributed by atoms with Crippen molar-refractivity contribution in [2.75, 3.05) is 19.6 Å². The summed E-state index contributed by atoms with van der Waals surface area (Å²) in [6.07, 6.45) is 8.18. The van der Waals surface area contributed by atoms with E-state index in [9.17, 15) is 4.79 Å². The van der Waals surface area contributed by atoms with Gasteiger partial charge in [-0.3, -0.25) is 4.79 Å². The number of rotatable bonds is 6. The first kappa shape index (κ1) is 13.1. The summed E-state index contributed by atoms with van der Waals surface area (Å²) in [6, 6.07) is 4.00. The topological polar surface area (TPSA) is 46.1 Å². The first-order valence-corrected chi connectivity index (χ1v) is 6.93. The Morgan fingerprint density at radius 3 is 2.72 bits per heavy atom. The molecular weight excluding hydrogens is 226 g/mol. The highest BCUT2D eigenvalue weighted by molar-refractivity contribution is 5.75. The largest absolute Gasteiger partial charge is 0.354 e. The van der Waals surface area contributed by atoms with Crippen molar-refractivity contribution in [2.45, 2.75) is 32.2 Å². The van der Waals surface area contributed by atoms with Gasteiger partial charge in [0.2, 0.25) is 5.91 Å². The van der Waals surface area contributed by atoms with Gasteiger partial charge in [-0.1, -0.05) is 0 Å². The highest BCUT2D eigenvalue weighted by atomic mass is 16.1. The van der Waals surface area contributed by atoms with Gasteiger partial charge in [-0.2, -0.15) is 0 Å². The van der Waals surface area contributed by atoms with Crippen molar-refractivity contribution >= 4 is 5.91 Å². The third kappa shape index (κ3) is 4.53. The van der Waals surface area contributed by atoms with E-state index in [1.54, 1.807) is 0 Å². The lowest BCUT2D eigenvalue weighted by molar-refractivity contribution is -0.121. The molecule has 1 fully saturated rings. The molecule has 1 aliphatic rings. The molecule has 0 aromatic carbocycles. The van der Waals surface area contributed by atoms with Gasteiger partial charge < -0.3 is 15.2 Å². The van der Waals surface area contributed by atoms with Crippen molar-refractivity contribution in [3.63, 3.8) is 0 Å². The zero-order chi connectivity index (χ0) is 12.6. The average Bonchev–Trinajstić information content (AvgIpc) is 2.91. The summed E-state index contributed by atoms with van der Waals surface area (Å²) in [5.41, 5.74) is 0. The van der Waals surface area contributed by atoms with Crippen LogP contribution < -0.4 is 10.6 Å². The Kier molecular flexibility index (Phi) is 5.27. The lowest BCUT2D eigenvalue weighted by atomic mass is 9.93. The maximum atomic E-state index is 11.7. The van der Waals surface area contributed by atoms with Gasteiger partial charge in [-0.05, 0) is 50.4 Å². The second kappa shape index (κ2) is 7.21. The Balaban J connectivity index is 1.54. The van der Waals surface area contributed by atoms with Crippen molar-refractivity contribution in [3.8, 4) is 0 Å². The van der Waals surface area contributed by atoms with Gasteiger partial charge >= 0.3 is 0 Å². The summed E-state index contributed by atoms with van der Waals surface area (Å²) in [5, 5.41) is 6.33. The molecule has 2 heterocycles. The fourth-order valence-electron chi connectivity index (χ4n) is 2.44. The fraction of sp³-hybridized carbons (Fsp3) is 0.643. The predicted octanol–water partition coefficient (Wildman–Crippen LogP) is 1.38. The van der Waals surface area contributed by atoms with E-state index in [0.29, 0.717) is 6.42 Å². The van der Waals surface area contributed by atoms with Gasteiger partial charge in [0.1, 0.15) is 0 Å². The smallest absolute Gasteiger partial charge is 0.220 e. The third-order valence-corrected chi connectivity index (χ3v) is 3.60. The van der Waals surface area contributed by atoms with Crippen LogP contribution >= 0.6 is 0 Å². The number of nitrogens with zero attached hydrogens (tertiary/aromatic N) is 1. The van der Waals surface area contributed by atoms with E-state index in [1.807, 2.05) is 24.5 Å². The van der Waals surface area contributed by atoms with Crippen LogP contribution in [-0.2, 0) is 11.3 Å². The summed E-state index contributed by atoms with van der Waals surface area (Å²) in [7, 11) is 0. The molecule has 2 rings (SSSR count). The van der Waals surface area contributed by atoms with Gasteiger partial charge in [-0.15, -0.1) is 0 Å². The molecule has 100 valence electrons. The Bertz CT molecular complexity index is 342. The Morgan fingerprint density at radius 2 is 2.00 bits per heavy atom. The van der Waals surface area contributed by atoms with Crippen LogP contribution in [0.25, 0.3) is 0 Å². The van der Waals surface area contributed by atoms with Crippen LogP contribution in [0.5, 0.6) is 0 Å². The zero-order valence-corrected chi connectivity index (χ0v) is 10.9. The summed E-state index contributed by atoms with van der Waals surface area (Å²) < 4.78 is 2.08. The van der Waals surface area contributed by atoms with Crippen LogP contribution in [0.15, 0.2) is 24.5 Å². The second-order valence-corrected chi connectivity index (χ2v) is 5.00. The number of aromatic nitrogens is 1. The van der Waals surface area contributed by atoms with Crippen LogP contribution in [-0.4, -0.2) is 30.1 Å². The van der Waals surface area contributed by atoms with Crippen LogP contribution in [0.2, 0.25) is 0 Å². The number of nitrogens with one attached hydrogen (secondary N) is 2. The van der Waals surface area contributed by atoms with Gasteiger partial charge in [0.15, 0.2) is 0 Å². The highest BCUT2D eigenvalue weighted by Gasteiger charge is 2.14. The van der Waals surface area contributed by atoms with Crippen LogP contribution in [0.3, 0.4) is 0 Å². The highest BCUT2D eigenvalue weighted by Crippen LogP contribution is 2.17. The number of hydrogen-bond donors (Lipinski definition) is 2. The number of carbonyl (C=O) groups is 1. The van der Waals surface area contributed by atoms with E-state index < -0.39 is 0 Å². The standard InChI is InChI=1S/C14H23N3O/c18-14(4-3-13-5-7-15-8-6-13)16-9-12-17-10-1-2-11-17/h1-2,10-11,13,15H,3-9,12H2,(H,16,18). The molecule has 1 aromatic heterocycles. The molecule has 1 aromatic rings. The van der Waals surface area contributed by atoms with E-state index in [4.69, 9.17) is 0 Å². The summed E-state index contributed by atoms with van der Waals surface area (Å²) in [5.74, 6) is 0.933. The first-order chi connectivity index (χ1) is 8.84. The Labute approximate surface area is 109 Å². The maximum Gasteiger partial charge on any atom is 0.220 e. The monoisotopic (exact) mass is 249 g/mol. The van der Waals surface area contributed by atoms with Gasteiger partial charge in [0.05, 0.1) is 0 Å². The molecule has 4 heteroatoms. The minimum atomic E-state index is 0.195. The van der Waals surface area contributed by atoms with Crippen molar-refractivity contribution in [1.82, 2.24) is 15.2 Å². The molecule has 2 N–H and O–H groups in total. The summed E-state index contributed by atoms with van der Waals surface area (Å²) in [4.78, 5) is 11.7. The minimum Gasteiger partial charge on any atom is -0.354 e. The van der Waals surface area contributed by atoms with Crippen molar-refractivity contribution in [2.24, 2.45) is 5.92 Å². The Hall–Kier alpha value is -1.29.